The summed E-state index contributed by atoms with van der Waals surface area (Å²) in [6.07, 6.45) is 0. The number of thiophene rings is 1. The Bertz CT molecular complexity index is 940. The molecule has 0 spiro atoms. The number of carbonyl (C=O) groups excluding carboxylic acids is 2. The van der Waals surface area contributed by atoms with Gasteiger partial charge in [0.05, 0.1) is 6.61 Å². The lowest BCUT2D eigenvalue weighted by atomic mass is 10.0. The van der Waals surface area contributed by atoms with Gasteiger partial charge in [-0.15, -0.1) is 11.3 Å². The van der Waals surface area contributed by atoms with Gasteiger partial charge in [-0.3, -0.25) is 5.32 Å². The lowest BCUT2D eigenvalue weighted by molar-refractivity contribution is 0.0529. The minimum atomic E-state index is -0.473. The van der Waals surface area contributed by atoms with Gasteiger partial charge in [-0.05, 0) is 36.8 Å². The Morgan fingerprint density at radius 3 is 2.41 bits per heavy atom. The number of hydrogen-bond acceptors (Lipinski definition) is 4. The van der Waals surface area contributed by atoms with E-state index in [0.29, 0.717) is 21.3 Å². The minimum Gasteiger partial charge on any atom is -0.462 e. The number of hydrogen-bond donors (Lipinski definition) is 2. The molecule has 138 valence electrons. The van der Waals surface area contributed by atoms with Crippen LogP contribution in [0.5, 0.6) is 0 Å². The lowest BCUT2D eigenvalue weighted by Gasteiger charge is -2.10. The van der Waals surface area contributed by atoms with Gasteiger partial charge in [0, 0.05) is 21.7 Å². The van der Waals surface area contributed by atoms with E-state index in [4.69, 9.17) is 16.3 Å². The van der Waals surface area contributed by atoms with Crippen LogP contribution in [-0.2, 0) is 4.74 Å². The smallest absolute Gasteiger partial charge is 0.341 e. The van der Waals surface area contributed by atoms with Crippen molar-refractivity contribution in [3.63, 3.8) is 0 Å². The highest BCUT2D eigenvalue weighted by Gasteiger charge is 2.22. The van der Waals surface area contributed by atoms with Crippen molar-refractivity contribution in [2.24, 2.45) is 0 Å². The van der Waals surface area contributed by atoms with E-state index in [1.165, 1.54) is 11.3 Å². The van der Waals surface area contributed by atoms with Gasteiger partial charge in [-0.25, -0.2) is 9.59 Å². The largest absolute Gasteiger partial charge is 0.462 e. The Balaban J connectivity index is 1.86. The fraction of sp³-hybridized carbons (Fsp3) is 0.100. The molecule has 0 bridgehead atoms. The van der Waals surface area contributed by atoms with Crippen LogP contribution in [0.2, 0.25) is 5.02 Å². The fourth-order valence-electron chi connectivity index (χ4n) is 2.48. The van der Waals surface area contributed by atoms with Gasteiger partial charge >= 0.3 is 12.0 Å². The van der Waals surface area contributed by atoms with Crippen molar-refractivity contribution in [1.82, 2.24) is 0 Å². The predicted octanol–water partition coefficient (Wildman–Crippen LogP) is 5.89. The Morgan fingerprint density at radius 2 is 1.74 bits per heavy atom. The minimum absolute atomic E-state index is 0.249. The average Bonchev–Trinajstić information content (AvgIpc) is 3.08. The molecule has 2 aromatic carbocycles. The van der Waals surface area contributed by atoms with Gasteiger partial charge < -0.3 is 10.1 Å². The highest BCUT2D eigenvalue weighted by molar-refractivity contribution is 7.15. The Labute approximate surface area is 165 Å². The number of rotatable bonds is 5. The first-order valence-corrected chi connectivity index (χ1v) is 9.52. The first-order valence-electron chi connectivity index (χ1n) is 8.26. The molecule has 0 saturated carbocycles. The van der Waals surface area contributed by atoms with E-state index in [1.54, 1.807) is 31.2 Å². The maximum absolute atomic E-state index is 12.5. The molecule has 5 nitrogen and oxygen atoms in total. The molecule has 0 aliphatic rings. The van der Waals surface area contributed by atoms with Crippen molar-refractivity contribution < 1.29 is 14.3 Å². The van der Waals surface area contributed by atoms with Gasteiger partial charge in [0.2, 0.25) is 0 Å². The number of ether oxygens (including phenoxy) is 1. The average molecular weight is 401 g/mol. The van der Waals surface area contributed by atoms with Crippen LogP contribution in [0.4, 0.5) is 15.5 Å². The first kappa shape index (κ1) is 18.9. The zero-order valence-electron chi connectivity index (χ0n) is 14.5. The van der Waals surface area contributed by atoms with E-state index in [0.717, 1.165) is 11.1 Å². The van der Waals surface area contributed by atoms with E-state index < -0.39 is 12.0 Å². The molecule has 27 heavy (non-hydrogen) atoms. The SMILES string of the molecule is CCOC(=O)c1c(-c2ccccc2)csc1NC(=O)Nc1ccc(Cl)cc1. The van der Waals surface area contributed by atoms with E-state index >= 15 is 0 Å². The summed E-state index contributed by atoms with van der Waals surface area (Å²) in [5.41, 5.74) is 2.54. The summed E-state index contributed by atoms with van der Waals surface area (Å²) in [6.45, 7) is 1.99. The molecule has 2 amide bonds. The van der Waals surface area contributed by atoms with Crippen molar-refractivity contribution in [2.75, 3.05) is 17.2 Å². The molecule has 7 heteroatoms. The van der Waals surface area contributed by atoms with Crippen molar-refractivity contribution in [3.8, 4) is 11.1 Å². The number of amides is 2. The fourth-order valence-corrected chi connectivity index (χ4v) is 3.56. The standard InChI is InChI=1S/C20H17ClN2O3S/c1-2-26-19(24)17-16(13-6-4-3-5-7-13)12-27-18(17)23-20(25)22-15-10-8-14(21)9-11-15/h3-12H,2H2,1H3,(H2,22,23,25). The molecule has 1 heterocycles. The highest BCUT2D eigenvalue weighted by atomic mass is 35.5. The quantitative estimate of drug-likeness (QED) is 0.525. The molecule has 0 aliphatic carbocycles. The molecule has 0 aliphatic heterocycles. The topological polar surface area (TPSA) is 67.4 Å². The third-order valence-corrected chi connectivity index (χ3v) is 4.83. The van der Waals surface area contributed by atoms with Crippen molar-refractivity contribution in [2.45, 2.75) is 6.92 Å². The number of benzene rings is 2. The number of urea groups is 1. The maximum atomic E-state index is 12.5. The van der Waals surface area contributed by atoms with Gasteiger partial charge in [-0.1, -0.05) is 41.9 Å². The molecule has 0 atom stereocenters. The molecule has 0 radical (unpaired) electrons. The highest BCUT2D eigenvalue weighted by Crippen LogP contribution is 2.36. The predicted molar refractivity (Wildman–Crippen MR) is 110 cm³/mol. The second kappa shape index (κ2) is 8.70. The third kappa shape index (κ3) is 4.67. The Kier molecular flexibility index (Phi) is 6.11. The summed E-state index contributed by atoms with van der Waals surface area (Å²) in [5, 5.41) is 8.29. The zero-order valence-corrected chi connectivity index (χ0v) is 16.1. The molecule has 3 rings (SSSR count). The van der Waals surface area contributed by atoms with E-state index in [-0.39, 0.29) is 6.61 Å². The van der Waals surface area contributed by atoms with E-state index in [2.05, 4.69) is 10.6 Å². The monoisotopic (exact) mass is 400 g/mol. The Morgan fingerprint density at radius 1 is 1.04 bits per heavy atom. The molecule has 3 aromatic rings. The van der Waals surface area contributed by atoms with Crippen molar-refractivity contribution in [3.05, 3.63) is 70.6 Å². The lowest BCUT2D eigenvalue weighted by Crippen LogP contribution is -2.20. The second-order valence-corrected chi connectivity index (χ2v) is 6.84. The van der Waals surface area contributed by atoms with Crippen LogP contribution in [0.15, 0.2) is 60.0 Å². The van der Waals surface area contributed by atoms with Crippen LogP contribution < -0.4 is 10.6 Å². The molecule has 2 N–H and O–H groups in total. The number of esters is 1. The number of halogens is 1. The van der Waals surface area contributed by atoms with Crippen molar-refractivity contribution in [1.29, 1.82) is 0 Å². The van der Waals surface area contributed by atoms with E-state index in [1.807, 2.05) is 35.7 Å². The summed E-state index contributed by atoms with van der Waals surface area (Å²) >= 11 is 7.12. The van der Waals surface area contributed by atoms with Gasteiger partial charge in [-0.2, -0.15) is 0 Å². The van der Waals surface area contributed by atoms with Crippen LogP contribution in [-0.4, -0.2) is 18.6 Å². The molecule has 0 unspecified atom stereocenters. The van der Waals surface area contributed by atoms with Crippen LogP contribution in [0, 0.1) is 0 Å². The van der Waals surface area contributed by atoms with Crippen LogP contribution in [0.3, 0.4) is 0 Å². The van der Waals surface area contributed by atoms with Crippen molar-refractivity contribution >= 4 is 45.6 Å². The molecular formula is C20H17ClN2O3S. The number of carbonyl (C=O) groups is 2. The van der Waals surface area contributed by atoms with Crippen LogP contribution in [0.1, 0.15) is 17.3 Å². The Hall–Kier alpha value is -2.83. The van der Waals surface area contributed by atoms with Crippen LogP contribution >= 0.6 is 22.9 Å². The van der Waals surface area contributed by atoms with Crippen LogP contribution in [0.25, 0.3) is 11.1 Å². The molecule has 0 saturated heterocycles. The summed E-state index contributed by atoms with van der Waals surface area (Å²) in [4.78, 5) is 24.8. The number of nitrogens with one attached hydrogen (secondary N) is 2. The molecule has 0 fully saturated rings. The first-order chi connectivity index (χ1) is 13.1. The normalized spacial score (nSPS) is 10.3. The molecular weight excluding hydrogens is 384 g/mol. The van der Waals surface area contributed by atoms with Gasteiger partial charge in [0.1, 0.15) is 10.6 Å². The maximum Gasteiger partial charge on any atom is 0.341 e. The van der Waals surface area contributed by atoms with E-state index in [9.17, 15) is 9.59 Å². The van der Waals surface area contributed by atoms with Gasteiger partial charge in [0.25, 0.3) is 0 Å². The summed E-state index contributed by atoms with van der Waals surface area (Å²) in [5.74, 6) is -0.473. The summed E-state index contributed by atoms with van der Waals surface area (Å²) < 4.78 is 5.18. The second-order valence-electron chi connectivity index (χ2n) is 5.53. The summed E-state index contributed by atoms with van der Waals surface area (Å²) in [7, 11) is 0. The summed E-state index contributed by atoms with van der Waals surface area (Å²) in [6, 6.07) is 15.8. The molecule has 1 aromatic heterocycles. The number of anilines is 2. The third-order valence-electron chi connectivity index (χ3n) is 3.68. The van der Waals surface area contributed by atoms with Gasteiger partial charge in [0.15, 0.2) is 0 Å². The zero-order chi connectivity index (χ0) is 19.2.